The summed E-state index contributed by atoms with van der Waals surface area (Å²) < 4.78 is 6.52. The quantitative estimate of drug-likeness (QED) is 0.437. The Balaban J connectivity index is 1.60. The summed E-state index contributed by atoms with van der Waals surface area (Å²) in [5.74, 6) is 1.04. The second-order valence-corrected chi connectivity index (χ2v) is 8.28. The summed E-state index contributed by atoms with van der Waals surface area (Å²) in [6.45, 7) is 4.85. The number of esters is 1. The smallest absolute Gasteiger partial charge is 0.337 e. The molecule has 8 heteroatoms. The van der Waals surface area contributed by atoms with Crippen molar-refractivity contribution in [2.24, 2.45) is 0 Å². The van der Waals surface area contributed by atoms with E-state index in [1.807, 2.05) is 49.4 Å². The number of hydrogen-bond donors (Lipinski definition) is 0. The number of carbonyl (C=O) groups excluding carboxylic acids is 1. The summed E-state index contributed by atoms with van der Waals surface area (Å²) in [5.41, 5.74) is 2.48. The van der Waals surface area contributed by atoms with Crippen molar-refractivity contribution in [3.8, 4) is 5.69 Å². The van der Waals surface area contributed by atoms with Gasteiger partial charge in [-0.3, -0.25) is 4.79 Å². The number of anilines is 2. The zero-order chi connectivity index (χ0) is 23.7. The summed E-state index contributed by atoms with van der Waals surface area (Å²) in [5, 5.41) is 0.449. The highest BCUT2D eigenvalue weighted by atomic mass is 16.5. The van der Waals surface area contributed by atoms with Gasteiger partial charge in [-0.2, -0.15) is 0 Å². The molecule has 0 radical (unpaired) electrons. The van der Waals surface area contributed by atoms with Crippen molar-refractivity contribution >= 4 is 28.6 Å². The van der Waals surface area contributed by atoms with Crippen LogP contribution in [0.2, 0.25) is 0 Å². The Morgan fingerprint density at radius 3 is 2.44 bits per heavy atom. The van der Waals surface area contributed by atoms with Crippen LogP contribution in [0.25, 0.3) is 16.6 Å². The third-order valence-corrected chi connectivity index (χ3v) is 6.07. The number of piperazine rings is 1. The zero-order valence-electron chi connectivity index (χ0n) is 19.1. The SMILES string of the molecule is COC(=O)c1ccc2c(=O)n(-c3cccc(C)c3)c(N3CCN(c4ccccn4)CC3)nc2c1. The van der Waals surface area contributed by atoms with Crippen molar-refractivity contribution in [3.63, 3.8) is 0 Å². The molecule has 1 fully saturated rings. The molecule has 0 saturated carbocycles. The van der Waals surface area contributed by atoms with Crippen LogP contribution in [0.5, 0.6) is 0 Å². The number of pyridine rings is 1. The third kappa shape index (κ3) is 3.98. The van der Waals surface area contributed by atoms with Crippen molar-refractivity contribution in [2.45, 2.75) is 6.92 Å². The van der Waals surface area contributed by atoms with E-state index >= 15 is 0 Å². The Kier molecular flexibility index (Phi) is 5.71. The van der Waals surface area contributed by atoms with Gasteiger partial charge in [0.15, 0.2) is 0 Å². The molecule has 8 nitrogen and oxygen atoms in total. The predicted molar refractivity (Wildman–Crippen MR) is 132 cm³/mol. The molecule has 1 aliphatic rings. The minimum Gasteiger partial charge on any atom is -0.465 e. The summed E-state index contributed by atoms with van der Waals surface area (Å²) in [7, 11) is 1.34. The summed E-state index contributed by atoms with van der Waals surface area (Å²) in [4.78, 5) is 39.5. The van der Waals surface area contributed by atoms with E-state index in [0.717, 1.165) is 30.2 Å². The van der Waals surface area contributed by atoms with Gasteiger partial charge in [0, 0.05) is 32.4 Å². The molecule has 0 bridgehead atoms. The van der Waals surface area contributed by atoms with Crippen LogP contribution in [0, 0.1) is 6.92 Å². The number of fused-ring (bicyclic) bond motifs is 1. The van der Waals surface area contributed by atoms with E-state index in [4.69, 9.17) is 9.72 Å². The first-order valence-electron chi connectivity index (χ1n) is 11.2. The van der Waals surface area contributed by atoms with Crippen molar-refractivity contribution in [1.82, 2.24) is 14.5 Å². The fraction of sp³-hybridized carbons (Fsp3) is 0.231. The first kappa shape index (κ1) is 21.6. The Bertz CT molecular complexity index is 1410. The molecule has 1 aliphatic heterocycles. The number of aromatic nitrogens is 3. The molecule has 0 N–H and O–H groups in total. The van der Waals surface area contributed by atoms with Gasteiger partial charge >= 0.3 is 5.97 Å². The average molecular weight is 456 g/mol. The summed E-state index contributed by atoms with van der Waals surface area (Å²) >= 11 is 0. The number of carbonyl (C=O) groups is 1. The molecule has 0 aliphatic carbocycles. The lowest BCUT2D eigenvalue weighted by atomic mass is 10.1. The van der Waals surface area contributed by atoms with Crippen LogP contribution in [-0.4, -0.2) is 53.8 Å². The van der Waals surface area contributed by atoms with Crippen LogP contribution < -0.4 is 15.4 Å². The molecule has 172 valence electrons. The largest absolute Gasteiger partial charge is 0.465 e. The minimum absolute atomic E-state index is 0.172. The number of aryl methyl sites for hydroxylation is 1. The molecular weight excluding hydrogens is 430 g/mol. The van der Waals surface area contributed by atoms with Crippen LogP contribution in [0.1, 0.15) is 15.9 Å². The highest BCUT2D eigenvalue weighted by Gasteiger charge is 2.24. The Hall–Kier alpha value is -4.20. The van der Waals surface area contributed by atoms with Crippen molar-refractivity contribution in [2.75, 3.05) is 43.1 Å². The summed E-state index contributed by atoms with van der Waals surface area (Å²) in [6.07, 6.45) is 1.79. The maximum Gasteiger partial charge on any atom is 0.337 e. The molecule has 0 amide bonds. The number of rotatable bonds is 4. The number of benzene rings is 2. The van der Waals surface area contributed by atoms with Gasteiger partial charge in [-0.15, -0.1) is 0 Å². The second-order valence-electron chi connectivity index (χ2n) is 8.28. The highest BCUT2D eigenvalue weighted by molar-refractivity contribution is 5.94. The van der Waals surface area contributed by atoms with Gasteiger partial charge in [0.05, 0.1) is 29.3 Å². The topological polar surface area (TPSA) is 80.6 Å². The van der Waals surface area contributed by atoms with Gasteiger partial charge in [0.2, 0.25) is 5.95 Å². The van der Waals surface area contributed by atoms with Crippen LogP contribution in [0.3, 0.4) is 0 Å². The van der Waals surface area contributed by atoms with Crippen LogP contribution >= 0.6 is 0 Å². The molecule has 5 rings (SSSR count). The van der Waals surface area contributed by atoms with Crippen molar-refractivity contribution in [3.05, 3.63) is 88.3 Å². The number of methoxy groups -OCH3 is 1. The Labute approximate surface area is 197 Å². The first-order valence-corrected chi connectivity index (χ1v) is 11.2. The van der Waals surface area contributed by atoms with E-state index in [-0.39, 0.29) is 5.56 Å². The van der Waals surface area contributed by atoms with Gasteiger partial charge < -0.3 is 14.5 Å². The number of nitrogens with zero attached hydrogens (tertiary/aromatic N) is 5. The standard InChI is InChI=1S/C26H25N5O3/c1-18-6-5-7-20(16-18)31-24(32)21-10-9-19(25(33)34-2)17-22(21)28-26(31)30-14-12-29(13-15-30)23-8-3-4-11-27-23/h3-11,16-17H,12-15H2,1-2H3. The Morgan fingerprint density at radius 2 is 1.74 bits per heavy atom. The summed E-state index contributed by atoms with van der Waals surface area (Å²) in [6, 6.07) is 18.6. The van der Waals surface area contributed by atoms with E-state index in [2.05, 4.69) is 14.8 Å². The lowest BCUT2D eigenvalue weighted by molar-refractivity contribution is 0.0601. The van der Waals surface area contributed by atoms with Gasteiger partial charge in [-0.05, 0) is 55.0 Å². The molecule has 2 aromatic heterocycles. The maximum atomic E-state index is 13.7. The lowest BCUT2D eigenvalue weighted by Crippen LogP contribution is -2.48. The second kappa shape index (κ2) is 8.97. The van der Waals surface area contributed by atoms with Gasteiger partial charge in [-0.1, -0.05) is 18.2 Å². The fourth-order valence-electron chi connectivity index (χ4n) is 4.31. The van der Waals surface area contributed by atoms with Gasteiger partial charge in [0.1, 0.15) is 5.82 Å². The van der Waals surface area contributed by atoms with Crippen molar-refractivity contribution in [1.29, 1.82) is 0 Å². The Morgan fingerprint density at radius 1 is 0.941 bits per heavy atom. The zero-order valence-corrected chi connectivity index (χ0v) is 19.1. The first-order chi connectivity index (χ1) is 16.5. The molecule has 4 aromatic rings. The molecule has 2 aromatic carbocycles. The minimum atomic E-state index is -0.461. The molecule has 34 heavy (non-hydrogen) atoms. The fourth-order valence-corrected chi connectivity index (χ4v) is 4.31. The van der Waals surface area contributed by atoms with Crippen molar-refractivity contribution < 1.29 is 9.53 Å². The molecule has 3 heterocycles. The average Bonchev–Trinajstić information content (AvgIpc) is 2.88. The van der Waals surface area contributed by atoms with Crippen LogP contribution in [-0.2, 0) is 4.74 Å². The maximum absolute atomic E-state index is 13.7. The third-order valence-electron chi connectivity index (χ3n) is 6.07. The monoisotopic (exact) mass is 455 g/mol. The van der Waals surface area contributed by atoms with E-state index in [0.29, 0.717) is 35.5 Å². The van der Waals surface area contributed by atoms with E-state index in [1.165, 1.54) is 7.11 Å². The molecule has 0 spiro atoms. The van der Waals surface area contributed by atoms with Crippen LogP contribution in [0.4, 0.5) is 11.8 Å². The molecule has 0 unspecified atom stereocenters. The van der Waals surface area contributed by atoms with E-state index < -0.39 is 5.97 Å². The normalized spacial score (nSPS) is 13.8. The van der Waals surface area contributed by atoms with E-state index in [1.54, 1.807) is 29.0 Å². The number of hydrogen-bond acceptors (Lipinski definition) is 7. The van der Waals surface area contributed by atoms with Gasteiger partial charge in [0.25, 0.3) is 5.56 Å². The molecule has 1 saturated heterocycles. The predicted octanol–water partition coefficient (Wildman–Crippen LogP) is 3.20. The number of ether oxygens (including phenoxy) is 1. The van der Waals surface area contributed by atoms with Crippen LogP contribution in [0.15, 0.2) is 71.7 Å². The van der Waals surface area contributed by atoms with Gasteiger partial charge in [-0.25, -0.2) is 19.3 Å². The molecular formula is C26H25N5O3. The highest BCUT2D eigenvalue weighted by Crippen LogP contribution is 2.23. The van der Waals surface area contributed by atoms with E-state index in [9.17, 15) is 9.59 Å². The lowest BCUT2D eigenvalue weighted by Gasteiger charge is -2.36. The molecule has 0 atom stereocenters.